The summed E-state index contributed by atoms with van der Waals surface area (Å²) in [6, 6.07) is 9.49. The van der Waals surface area contributed by atoms with E-state index in [1.54, 1.807) is 24.3 Å². The number of benzene rings is 2. The van der Waals surface area contributed by atoms with Gasteiger partial charge in [-0.25, -0.2) is 0 Å². The quantitative estimate of drug-likeness (QED) is 0.482. The predicted octanol–water partition coefficient (Wildman–Crippen LogP) is 1.16. The van der Waals surface area contributed by atoms with Crippen molar-refractivity contribution in [3.8, 4) is 23.0 Å². The molecule has 6 N–H and O–H groups in total. The van der Waals surface area contributed by atoms with E-state index in [2.05, 4.69) is 0 Å². The molecular formula is C20H24N2O8. The molecule has 2 rings (SSSR count). The standard InChI is InChI=1S/2C8H8O3.C4H8N2O2/c2*1-11-7-4-2-3-6(5-9)8(7)10;5-3(7)1-2-4(6)8/h2*2-5,10H,1H3;1-2H2,(H2,5,7)(H2,6,8). The molecule has 162 valence electrons. The number of hydrogen-bond donors (Lipinski definition) is 4. The number of phenolic OH excluding ortho intramolecular Hbond substituents is 2. The maximum Gasteiger partial charge on any atom is 0.217 e. The van der Waals surface area contributed by atoms with Gasteiger partial charge < -0.3 is 31.2 Å². The van der Waals surface area contributed by atoms with Crippen molar-refractivity contribution in [2.45, 2.75) is 12.8 Å². The first-order chi connectivity index (χ1) is 14.2. The van der Waals surface area contributed by atoms with Crippen LogP contribution in [0.1, 0.15) is 33.6 Å². The molecule has 0 saturated carbocycles. The number of rotatable bonds is 7. The number of aromatic hydroxyl groups is 2. The third-order valence-corrected chi connectivity index (χ3v) is 3.37. The average Bonchev–Trinajstić information content (AvgIpc) is 2.73. The third kappa shape index (κ3) is 9.22. The van der Waals surface area contributed by atoms with Gasteiger partial charge in [0.05, 0.1) is 25.3 Å². The Balaban J connectivity index is 0.000000428. The Bertz CT molecular complexity index is 796. The lowest BCUT2D eigenvalue weighted by Gasteiger charge is -2.02. The summed E-state index contributed by atoms with van der Waals surface area (Å²) in [5.74, 6) is -0.577. The number of carbonyl (C=O) groups excluding carboxylic acids is 4. The van der Waals surface area contributed by atoms with E-state index in [1.807, 2.05) is 0 Å². The first-order valence-electron chi connectivity index (χ1n) is 8.40. The molecule has 0 aliphatic carbocycles. The average molecular weight is 420 g/mol. The highest BCUT2D eigenvalue weighted by Crippen LogP contribution is 2.28. The Hall–Kier alpha value is -4.08. The number of aldehydes is 2. The topological polar surface area (TPSA) is 179 Å². The lowest BCUT2D eigenvalue weighted by molar-refractivity contribution is -0.123. The molecular weight excluding hydrogens is 396 g/mol. The molecule has 0 unspecified atom stereocenters. The van der Waals surface area contributed by atoms with E-state index in [-0.39, 0.29) is 35.5 Å². The van der Waals surface area contributed by atoms with E-state index in [0.29, 0.717) is 24.1 Å². The number of para-hydroxylation sites is 2. The molecule has 10 heteroatoms. The Morgan fingerprint density at radius 1 is 0.800 bits per heavy atom. The smallest absolute Gasteiger partial charge is 0.217 e. The van der Waals surface area contributed by atoms with Crippen molar-refractivity contribution in [1.82, 2.24) is 0 Å². The molecule has 0 bridgehead atoms. The van der Waals surface area contributed by atoms with Gasteiger partial charge in [-0.1, -0.05) is 12.1 Å². The lowest BCUT2D eigenvalue weighted by atomic mass is 10.2. The molecule has 2 aromatic carbocycles. The van der Waals surface area contributed by atoms with Gasteiger partial charge in [0.25, 0.3) is 0 Å². The molecule has 0 saturated heterocycles. The van der Waals surface area contributed by atoms with Gasteiger partial charge in [0.2, 0.25) is 11.8 Å². The number of amides is 2. The summed E-state index contributed by atoms with van der Waals surface area (Å²) in [5.41, 5.74) is 9.87. The fraction of sp³-hybridized carbons (Fsp3) is 0.200. The van der Waals surface area contributed by atoms with Crippen LogP contribution in [0.4, 0.5) is 0 Å². The second-order valence-electron chi connectivity index (χ2n) is 5.46. The highest BCUT2D eigenvalue weighted by molar-refractivity contribution is 5.82. The summed E-state index contributed by atoms with van der Waals surface area (Å²) in [7, 11) is 2.87. The van der Waals surface area contributed by atoms with E-state index in [9.17, 15) is 29.4 Å². The fourth-order valence-corrected chi connectivity index (χ4v) is 1.84. The van der Waals surface area contributed by atoms with Crippen LogP contribution in [-0.2, 0) is 9.59 Å². The number of nitrogens with two attached hydrogens (primary N) is 2. The number of carbonyl (C=O) groups is 4. The van der Waals surface area contributed by atoms with E-state index in [4.69, 9.17) is 20.9 Å². The van der Waals surface area contributed by atoms with Gasteiger partial charge in [0, 0.05) is 12.8 Å². The van der Waals surface area contributed by atoms with Crippen molar-refractivity contribution in [1.29, 1.82) is 0 Å². The summed E-state index contributed by atoms with van der Waals surface area (Å²) < 4.78 is 9.56. The summed E-state index contributed by atoms with van der Waals surface area (Å²) in [6.45, 7) is 0. The number of methoxy groups -OCH3 is 2. The highest BCUT2D eigenvalue weighted by Gasteiger charge is 2.05. The van der Waals surface area contributed by atoms with Crippen LogP contribution in [0, 0.1) is 0 Å². The van der Waals surface area contributed by atoms with Crippen LogP contribution < -0.4 is 20.9 Å². The Morgan fingerprint density at radius 2 is 1.13 bits per heavy atom. The lowest BCUT2D eigenvalue weighted by Crippen LogP contribution is -2.16. The van der Waals surface area contributed by atoms with E-state index >= 15 is 0 Å². The molecule has 0 aromatic heterocycles. The van der Waals surface area contributed by atoms with Gasteiger partial charge in [-0.05, 0) is 24.3 Å². The molecule has 2 aromatic rings. The van der Waals surface area contributed by atoms with Gasteiger partial charge in [-0.3, -0.25) is 19.2 Å². The number of hydrogen-bond acceptors (Lipinski definition) is 8. The molecule has 0 spiro atoms. The van der Waals surface area contributed by atoms with Crippen molar-refractivity contribution in [3.05, 3.63) is 47.5 Å². The summed E-state index contributed by atoms with van der Waals surface area (Å²) in [5, 5.41) is 18.5. The Morgan fingerprint density at radius 3 is 1.37 bits per heavy atom. The highest BCUT2D eigenvalue weighted by atomic mass is 16.5. The number of primary amides is 2. The molecule has 0 aliphatic rings. The molecule has 10 nitrogen and oxygen atoms in total. The first-order valence-corrected chi connectivity index (χ1v) is 8.40. The Labute approximate surface area is 173 Å². The van der Waals surface area contributed by atoms with E-state index in [0.717, 1.165) is 0 Å². The van der Waals surface area contributed by atoms with Crippen LogP contribution in [0.15, 0.2) is 36.4 Å². The molecule has 0 atom stereocenters. The van der Waals surface area contributed by atoms with Crippen molar-refractivity contribution >= 4 is 24.4 Å². The van der Waals surface area contributed by atoms with Gasteiger partial charge in [-0.15, -0.1) is 0 Å². The molecule has 0 heterocycles. The zero-order valence-corrected chi connectivity index (χ0v) is 16.5. The molecule has 2 amide bonds. The van der Waals surface area contributed by atoms with E-state index in [1.165, 1.54) is 26.4 Å². The molecule has 0 radical (unpaired) electrons. The summed E-state index contributed by atoms with van der Waals surface area (Å²) in [4.78, 5) is 40.4. The van der Waals surface area contributed by atoms with Crippen molar-refractivity contribution in [2.24, 2.45) is 11.5 Å². The first kappa shape index (κ1) is 25.9. The maximum absolute atomic E-state index is 10.3. The SMILES string of the molecule is COc1cccc(C=O)c1O.COc1cccc(C=O)c1O.NC(=O)CCC(N)=O. The van der Waals surface area contributed by atoms with Crippen LogP contribution in [0.2, 0.25) is 0 Å². The molecule has 0 aliphatic heterocycles. The van der Waals surface area contributed by atoms with Gasteiger partial charge in [0.15, 0.2) is 35.6 Å². The Kier molecular flexibility index (Phi) is 12.1. The second-order valence-corrected chi connectivity index (χ2v) is 5.46. The number of phenols is 2. The minimum absolute atomic E-state index is 0.0509. The zero-order chi connectivity index (χ0) is 23.1. The third-order valence-electron chi connectivity index (χ3n) is 3.37. The molecule has 30 heavy (non-hydrogen) atoms. The summed E-state index contributed by atoms with van der Waals surface area (Å²) in [6.07, 6.45) is 1.26. The number of ether oxygens (including phenoxy) is 2. The van der Waals surface area contributed by atoms with Gasteiger partial charge >= 0.3 is 0 Å². The predicted molar refractivity (Wildman–Crippen MR) is 108 cm³/mol. The van der Waals surface area contributed by atoms with Crippen LogP contribution in [0.3, 0.4) is 0 Å². The van der Waals surface area contributed by atoms with Crippen LogP contribution >= 0.6 is 0 Å². The van der Waals surface area contributed by atoms with Gasteiger partial charge in [0.1, 0.15) is 0 Å². The zero-order valence-electron chi connectivity index (χ0n) is 16.5. The minimum atomic E-state index is -0.496. The monoisotopic (exact) mass is 420 g/mol. The van der Waals surface area contributed by atoms with Crippen molar-refractivity contribution in [2.75, 3.05) is 14.2 Å². The fourth-order valence-electron chi connectivity index (χ4n) is 1.84. The van der Waals surface area contributed by atoms with Crippen molar-refractivity contribution < 1.29 is 38.9 Å². The van der Waals surface area contributed by atoms with Crippen LogP contribution in [0.5, 0.6) is 23.0 Å². The largest absolute Gasteiger partial charge is 0.504 e. The maximum atomic E-state index is 10.3. The van der Waals surface area contributed by atoms with Crippen LogP contribution in [0.25, 0.3) is 0 Å². The van der Waals surface area contributed by atoms with Gasteiger partial charge in [-0.2, -0.15) is 0 Å². The normalized spacial score (nSPS) is 9.00. The minimum Gasteiger partial charge on any atom is -0.504 e. The summed E-state index contributed by atoms with van der Waals surface area (Å²) >= 11 is 0. The molecule has 0 fully saturated rings. The van der Waals surface area contributed by atoms with Crippen LogP contribution in [-0.4, -0.2) is 48.8 Å². The van der Waals surface area contributed by atoms with Crippen molar-refractivity contribution in [3.63, 3.8) is 0 Å². The second kappa shape index (κ2) is 14.0. The van der Waals surface area contributed by atoms with E-state index < -0.39 is 11.8 Å².